The van der Waals surface area contributed by atoms with Gasteiger partial charge >= 0.3 is 12.6 Å². The van der Waals surface area contributed by atoms with E-state index in [1.807, 2.05) is 0 Å². The largest absolute Gasteiger partial charge is 0.481 e. The number of nitrogens with zero attached hydrogens (tertiary/aromatic N) is 1. The fourth-order valence-electron chi connectivity index (χ4n) is 1.19. The van der Waals surface area contributed by atoms with E-state index in [4.69, 9.17) is 22.0 Å². The number of carboxylic acid groups (broad SMARTS) is 1. The van der Waals surface area contributed by atoms with Crippen molar-refractivity contribution >= 4 is 17.6 Å². The molecule has 0 saturated heterocycles. The summed E-state index contributed by atoms with van der Waals surface area (Å²) in [5.74, 6) is -1.66. The molecule has 0 saturated carbocycles. The van der Waals surface area contributed by atoms with Crippen LogP contribution >= 0.6 is 11.6 Å². The van der Waals surface area contributed by atoms with Gasteiger partial charge in [0.05, 0.1) is 17.0 Å². The molecular formula is C10H6ClF2NO3. The summed E-state index contributed by atoms with van der Waals surface area (Å²) in [7, 11) is 0. The van der Waals surface area contributed by atoms with Gasteiger partial charge in [0.1, 0.15) is 6.07 Å². The summed E-state index contributed by atoms with van der Waals surface area (Å²) < 4.78 is 28.3. The maximum Gasteiger partial charge on any atom is 0.387 e. The molecule has 0 heterocycles. The molecule has 1 N–H and O–H groups in total. The van der Waals surface area contributed by atoms with Crippen LogP contribution in [0.1, 0.15) is 11.1 Å². The maximum absolute atomic E-state index is 12.1. The molecule has 0 bridgehead atoms. The van der Waals surface area contributed by atoms with Gasteiger partial charge < -0.3 is 9.84 Å². The predicted molar refractivity (Wildman–Crippen MR) is 54.1 cm³/mol. The average Bonchev–Trinajstić information content (AvgIpc) is 2.23. The number of aliphatic carboxylic acids is 1. The van der Waals surface area contributed by atoms with Gasteiger partial charge in [0.25, 0.3) is 0 Å². The summed E-state index contributed by atoms with van der Waals surface area (Å²) in [4.78, 5) is 10.5. The van der Waals surface area contributed by atoms with Crippen LogP contribution in [0.15, 0.2) is 12.1 Å². The van der Waals surface area contributed by atoms with Gasteiger partial charge in [0, 0.05) is 0 Å². The van der Waals surface area contributed by atoms with Gasteiger partial charge in [-0.15, -0.1) is 0 Å². The van der Waals surface area contributed by atoms with E-state index in [1.165, 1.54) is 12.1 Å². The molecule has 1 aromatic carbocycles. The van der Waals surface area contributed by atoms with Crippen LogP contribution in [-0.4, -0.2) is 17.7 Å². The van der Waals surface area contributed by atoms with Crippen LogP contribution in [0.5, 0.6) is 5.75 Å². The highest BCUT2D eigenvalue weighted by atomic mass is 35.5. The van der Waals surface area contributed by atoms with E-state index in [-0.39, 0.29) is 16.1 Å². The average molecular weight is 262 g/mol. The minimum atomic E-state index is -3.14. The van der Waals surface area contributed by atoms with Gasteiger partial charge in [-0.05, 0) is 11.6 Å². The smallest absolute Gasteiger partial charge is 0.387 e. The Morgan fingerprint density at radius 1 is 1.59 bits per heavy atom. The summed E-state index contributed by atoms with van der Waals surface area (Å²) in [5, 5.41) is 17.0. The van der Waals surface area contributed by atoms with E-state index in [0.29, 0.717) is 0 Å². The van der Waals surface area contributed by atoms with E-state index in [2.05, 4.69) is 4.74 Å². The second kappa shape index (κ2) is 5.46. The maximum atomic E-state index is 12.1. The number of alkyl halides is 2. The van der Waals surface area contributed by atoms with Gasteiger partial charge in [-0.25, -0.2) is 0 Å². The van der Waals surface area contributed by atoms with Gasteiger partial charge in [0.15, 0.2) is 5.75 Å². The van der Waals surface area contributed by atoms with Crippen molar-refractivity contribution in [3.63, 3.8) is 0 Å². The van der Waals surface area contributed by atoms with Gasteiger partial charge in [-0.3, -0.25) is 4.79 Å². The Labute approximate surface area is 100.0 Å². The third-order valence-electron chi connectivity index (χ3n) is 1.85. The second-order valence-corrected chi connectivity index (χ2v) is 3.35. The van der Waals surface area contributed by atoms with Crippen molar-refractivity contribution in [3.05, 3.63) is 28.3 Å². The molecule has 0 spiro atoms. The molecule has 1 aromatic rings. The molecule has 0 fully saturated rings. The number of halogens is 3. The summed E-state index contributed by atoms with van der Waals surface area (Å²) in [6, 6.07) is 4.10. The standard InChI is InChI=1S/C10H6ClF2NO3/c11-8-5(3-7(15)16)1-2-6(4-14)9(8)17-10(12)13/h1-2,10H,3H2,(H,15,16). The lowest BCUT2D eigenvalue weighted by molar-refractivity contribution is -0.136. The summed E-state index contributed by atoms with van der Waals surface area (Å²) in [6.45, 7) is -3.14. The zero-order valence-corrected chi connectivity index (χ0v) is 9.04. The zero-order chi connectivity index (χ0) is 13.0. The van der Waals surface area contributed by atoms with Crippen molar-refractivity contribution in [2.24, 2.45) is 0 Å². The van der Waals surface area contributed by atoms with Crippen LogP contribution in [-0.2, 0) is 11.2 Å². The second-order valence-electron chi connectivity index (χ2n) is 2.98. The Morgan fingerprint density at radius 3 is 2.71 bits per heavy atom. The van der Waals surface area contributed by atoms with Crippen LogP contribution in [0.25, 0.3) is 0 Å². The molecule has 90 valence electrons. The lowest BCUT2D eigenvalue weighted by atomic mass is 10.1. The molecule has 4 nitrogen and oxygen atoms in total. The number of ether oxygens (including phenoxy) is 1. The van der Waals surface area contributed by atoms with Gasteiger partial charge in [-0.2, -0.15) is 14.0 Å². The Balaban J connectivity index is 3.23. The minimum Gasteiger partial charge on any atom is -0.481 e. The highest BCUT2D eigenvalue weighted by Gasteiger charge is 2.18. The number of carboxylic acids is 1. The highest BCUT2D eigenvalue weighted by Crippen LogP contribution is 2.33. The zero-order valence-electron chi connectivity index (χ0n) is 8.28. The quantitative estimate of drug-likeness (QED) is 0.904. The van der Waals surface area contributed by atoms with Crippen LogP contribution < -0.4 is 4.74 Å². The fraction of sp³-hybridized carbons (Fsp3) is 0.200. The van der Waals surface area contributed by atoms with Crippen LogP contribution in [0.4, 0.5) is 8.78 Å². The third-order valence-corrected chi connectivity index (χ3v) is 2.26. The summed E-state index contributed by atoms with van der Waals surface area (Å²) in [5.41, 5.74) is -0.0711. The lowest BCUT2D eigenvalue weighted by Crippen LogP contribution is -2.07. The van der Waals surface area contributed by atoms with Crippen molar-refractivity contribution in [1.82, 2.24) is 0 Å². The number of hydrogen-bond donors (Lipinski definition) is 1. The van der Waals surface area contributed by atoms with E-state index in [0.717, 1.165) is 0 Å². The summed E-state index contributed by atoms with van der Waals surface area (Å²) >= 11 is 5.71. The first-order valence-corrected chi connectivity index (χ1v) is 4.71. The molecule has 0 aliphatic rings. The Bertz CT molecular complexity index is 485. The van der Waals surface area contributed by atoms with E-state index in [1.54, 1.807) is 6.07 Å². The van der Waals surface area contributed by atoms with Gasteiger partial charge in [0.2, 0.25) is 0 Å². The monoisotopic (exact) mass is 261 g/mol. The molecule has 0 aliphatic carbocycles. The fourth-order valence-corrected chi connectivity index (χ4v) is 1.46. The molecule has 0 aromatic heterocycles. The van der Waals surface area contributed by atoms with Gasteiger partial charge in [-0.1, -0.05) is 17.7 Å². The Kier molecular flexibility index (Phi) is 4.24. The van der Waals surface area contributed by atoms with E-state index < -0.39 is 24.8 Å². The van der Waals surface area contributed by atoms with E-state index in [9.17, 15) is 13.6 Å². The number of nitriles is 1. The normalized spacial score (nSPS) is 10.1. The van der Waals surface area contributed by atoms with E-state index >= 15 is 0 Å². The Morgan fingerprint density at radius 2 is 2.24 bits per heavy atom. The first kappa shape index (κ1) is 13.2. The molecule has 17 heavy (non-hydrogen) atoms. The minimum absolute atomic E-state index is 0.105. The molecule has 1 rings (SSSR count). The molecule has 0 radical (unpaired) electrons. The van der Waals surface area contributed by atoms with Crippen molar-refractivity contribution in [2.75, 3.05) is 0 Å². The Hall–Kier alpha value is -1.87. The first-order chi connectivity index (χ1) is 7.95. The molecule has 0 amide bonds. The van der Waals surface area contributed by atoms with Crippen molar-refractivity contribution < 1.29 is 23.4 Å². The molecule has 7 heteroatoms. The number of benzene rings is 1. The lowest BCUT2D eigenvalue weighted by Gasteiger charge is -2.11. The van der Waals surface area contributed by atoms with Crippen molar-refractivity contribution in [3.8, 4) is 11.8 Å². The number of rotatable bonds is 4. The molecular weight excluding hydrogens is 256 g/mol. The highest BCUT2D eigenvalue weighted by molar-refractivity contribution is 6.33. The van der Waals surface area contributed by atoms with Crippen LogP contribution in [0.2, 0.25) is 5.02 Å². The van der Waals surface area contributed by atoms with Crippen LogP contribution in [0.3, 0.4) is 0 Å². The molecule has 0 aliphatic heterocycles. The molecule has 0 unspecified atom stereocenters. The topological polar surface area (TPSA) is 70.3 Å². The first-order valence-electron chi connectivity index (χ1n) is 4.33. The number of hydrogen-bond acceptors (Lipinski definition) is 3. The predicted octanol–water partition coefficient (Wildman–Crippen LogP) is 2.44. The van der Waals surface area contributed by atoms with Crippen LogP contribution in [0, 0.1) is 11.3 Å². The third kappa shape index (κ3) is 3.29. The number of carbonyl (C=O) groups is 1. The van der Waals surface area contributed by atoms with Crippen molar-refractivity contribution in [2.45, 2.75) is 13.0 Å². The SMILES string of the molecule is N#Cc1ccc(CC(=O)O)c(Cl)c1OC(F)F. The summed E-state index contributed by atoms with van der Waals surface area (Å²) in [6.07, 6.45) is -0.440. The molecule has 0 atom stereocenters. The van der Waals surface area contributed by atoms with Crippen molar-refractivity contribution in [1.29, 1.82) is 5.26 Å².